The van der Waals surface area contributed by atoms with Crippen LogP contribution in [-0.4, -0.2) is 44.0 Å². The molecule has 2 N–H and O–H groups in total. The molecule has 0 fully saturated rings. The SMILES string of the molecule is CC(NC(=NCC(=O)N(C)C)NCC(C)(C)c1cccs1)c1ccccc1.I. The summed E-state index contributed by atoms with van der Waals surface area (Å²) in [7, 11) is 3.48. The van der Waals surface area contributed by atoms with Crippen molar-refractivity contribution in [3.63, 3.8) is 0 Å². The number of rotatable bonds is 7. The molecule has 0 aliphatic heterocycles. The monoisotopic (exact) mass is 514 g/mol. The minimum Gasteiger partial charge on any atom is -0.355 e. The number of nitrogens with zero attached hydrogens (tertiary/aromatic N) is 2. The fourth-order valence-corrected chi connectivity index (χ4v) is 3.38. The van der Waals surface area contributed by atoms with Crippen molar-refractivity contribution in [2.45, 2.75) is 32.2 Å². The third-order valence-electron chi connectivity index (χ3n) is 4.41. The van der Waals surface area contributed by atoms with E-state index in [1.165, 1.54) is 10.4 Å². The zero-order chi connectivity index (χ0) is 19.9. The summed E-state index contributed by atoms with van der Waals surface area (Å²) in [6, 6.07) is 14.5. The third kappa shape index (κ3) is 7.43. The van der Waals surface area contributed by atoms with Crippen molar-refractivity contribution in [2.24, 2.45) is 4.99 Å². The molecule has 1 amide bonds. The lowest BCUT2D eigenvalue weighted by molar-refractivity contribution is -0.127. The molecule has 28 heavy (non-hydrogen) atoms. The van der Waals surface area contributed by atoms with Gasteiger partial charge in [-0.3, -0.25) is 4.79 Å². The van der Waals surface area contributed by atoms with Gasteiger partial charge >= 0.3 is 0 Å². The molecule has 1 unspecified atom stereocenters. The predicted octanol–water partition coefficient (Wildman–Crippen LogP) is 4.03. The molecule has 1 aromatic carbocycles. The maximum atomic E-state index is 12.0. The number of carbonyl (C=O) groups excluding carboxylic acids is 1. The van der Waals surface area contributed by atoms with E-state index in [-0.39, 0.29) is 47.9 Å². The second-order valence-electron chi connectivity index (χ2n) is 7.44. The molecule has 0 spiro atoms. The number of thiophene rings is 1. The van der Waals surface area contributed by atoms with E-state index in [9.17, 15) is 4.79 Å². The van der Waals surface area contributed by atoms with Crippen LogP contribution in [0.5, 0.6) is 0 Å². The number of aliphatic imine (C=N–C) groups is 1. The summed E-state index contributed by atoms with van der Waals surface area (Å²) in [5, 5.41) is 8.93. The predicted molar refractivity (Wildman–Crippen MR) is 130 cm³/mol. The molecule has 0 saturated heterocycles. The summed E-state index contributed by atoms with van der Waals surface area (Å²) >= 11 is 1.75. The first-order chi connectivity index (χ1) is 12.8. The number of nitrogens with one attached hydrogen (secondary N) is 2. The molecule has 1 aromatic heterocycles. The Morgan fingerprint density at radius 1 is 1.18 bits per heavy atom. The molecule has 0 aliphatic rings. The van der Waals surface area contributed by atoms with Crippen molar-refractivity contribution in [3.8, 4) is 0 Å². The van der Waals surface area contributed by atoms with Crippen LogP contribution in [0.4, 0.5) is 0 Å². The third-order valence-corrected chi connectivity index (χ3v) is 5.65. The summed E-state index contributed by atoms with van der Waals surface area (Å²) in [6.07, 6.45) is 0. The molecule has 0 aliphatic carbocycles. The quantitative estimate of drug-likeness (QED) is 0.334. The molecule has 1 atom stereocenters. The second-order valence-corrected chi connectivity index (χ2v) is 8.39. The number of guanidine groups is 1. The molecule has 1 heterocycles. The first kappa shape index (κ1) is 24.4. The zero-order valence-electron chi connectivity index (χ0n) is 17.2. The highest BCUT2D eigenvalue weighted by molar-refractivity contribution is 14.0. The lowest BCUT2D eigenvalue weighted by Gasteiger charge is -2.26. The molecular formula is C21H31IN4OS. The smallest absolute Gasteiger partial charge is 0.243 e. The van der Waals surface area contributed by atoms with E-state index in [0.29, 0.717) is 5.96 Å². The van der Waals surface area contributed by atoms with E-state index >= 15 is 0 Å². The summed E-state index contributed by atoms with van der Waals surface area (Å²) < 4.78 is 0. The van der Waals surface area contributed by atoms with Gasteiger partial charge in [-0.15, -0.1) is 35.3 Å². The number of carbonyl (C=O) groups is 1. The van der Waals surface area contributed by atoms with E-state index in [0.717, 1.165) is 6.54 Å². The number of amides is 1. The van der Waals surface area contributed by atoms with Gasteiger partial charge in [0.1, 0.15) is 6.54 Å². The Labute approximate surface area is 189 Å². The Morgan fingerprint density at radius 2 is 1.86 bits per heavy atom. The van der Waals surface area contributed by atoms with Crippen LogP contribution in [-0.2, 0) is 10.2 Å². The molecule has 0 saturated carbocycles. The summed E-state index contributed by atoms with van der Waals surface area (Å²) in [5.74, 6) is 0.618. The number of likely N-dealkylation sites (N-methyl/N-ethyl adjacent to an activating group) is 1. The maximum absolute atomic E-state index is 12.0. The van der Waals surface area contributed by atoms with E-state index in [1.54, 1.807) is 30.3 Å². The van der Waals surface area contributed by atoms with Crippen molar-refractivity contribution >= 4 is 47.2 Å². The van der Waals surface area contributed by atoms with Gasteiger partial charge in [-0.05, 0) is 23.9 Å². The zero-order valence-corrected chi connectivity index (χ0v) is 20.4. The first-order valence-corrected chi connectivity index (χ1v) is 10.0. The van der Waals surface area contributed by atoms with Gasteiger partial charge in [0.2, 0.25) is 5.91 Å². The lowest BCUT2D eigenvalue weighted by Crippen LogP contribution is -2.44. The molecule has 2 aromatic rings. The Balaban J connectivity index is 0.00000392. The average molecular weight is 514 g/mol. The number of hydrogen-bond acceptors (Lipinski definition) is 3. The second kappa shape index (κ2) is 11.4. The standard InChI is InChI=1S/C21H30N4OS.HI/c1-16(17-10-7-6-8-11-17)24-20(22-14-19(26)25(4)5)23-15-21(2,3)18-12-9-13-27-18;/h6-13,16H,14-15H2,1-5H3,(H2,22,23,24);1H. The minimum atomic E-state index is -0.0296. The Kier molecular flexibility index (Phi) is 9.95. The highest BCUT2D eigenvalue weighted by Gasteiger charge is 2.22. The van der Waals surface area contributed by atoms with Gasteiger partial charge < -0.3 is 15.5 Å². The number of hydrogen-bond donors (Lipinski definition) is 2. The van der Waals surface area contributed by atoms with Gasteiger partial charge in [0.25, 0.3) is 0 Å². The van der Waals surface area contributed by atoms with E-state index in [1.807, 2.05) is 18.2 Å². The molecule has 0 bridgehead atoms. The lowest BCUT2D eigenvalue weighted by atomic mass is 9.91. The molecule has 5 nitrogen and oxygen atoms in total. The van der Waals surface area contributed by atoms with Crippen LogP contribution in [0.2, 0.25) is 0 Å². The van der Waals surface area contributed by atoms with Crippen LogP contribution in [0.15, 0.2) is 52.8 Å². The van der Waals surface area contributed by atoms with Gasteiger partial charge in [0.15, 0.2) is 5.96 Å². The number of halogens is 1. The molecule has 2 rings (SSSR count). The maximum Gasteiger partial charge on any atom is 0.243 e. The van der Waals surface area contributed by atoms with Gasteiger partial charge in [0.05, 0.1) is 6.04 Å². The van der Waals surface area contributed by atoms with Crippen molar-refractivity contribution in [2.75, 3.05) is 27.2 Å². The highest BCUT2D eigenvalue weighted by atomic mass is 127. The van der Waals surface area contributed by atoms with E-state index in [4.69, 9.17) is 0 Å². The van der Waals surface area contributed by atoms with Gasteiger partial charge in [0, 0.05) is 30.9 Å². The van der Waals surface area contributed by atoms with Crippen molar-refractivity contribution in [1.82, 2.24) is 15.5 Å². The summed E-state index contributed by atoms with van der Waals surface area (Å²) in [5.41, 5.74) is 1.14. The molecule has 154 valence electrons. The van der Waals surface area contributed by atoms with Gasteiger partial charge in [-0.1, -0.05) is 50.2 Å². The largest absolute Gasteiger partial charge is 0.355 e. The van der Waals surface area contributed by atoms with Crippen molar-refractivity contribution in [1.29, 1.82) is 0 Å². The van der Waals surface area contributed by atoms with Crippen LogP contribution in [0.1, 0.15) is 37.3 Å². The van der Waals surface area contributed by atoms with Crippen molar-refractivity contribution < 1.29 is 4.79 Å². The Hall–Kier alpha value is -1.61. The van der Waals surface area contributed by atoms with E-state index < -0.39 is 0 Å². The minimum absolute atomic E-state index is 0. The highest BCUT2D eigenvalue weighted by Crippen LogP contribution is 2.26. The summed E-state index contributed by atoms with van der Waals surface area (Å²) in [6.45, 7) is 7.33. The van der Waals surface area contributed by atoms with Crippen LogP contribution >= 0.6 is 35.3 Å². The summed E-state index contributed by atoms with van der Waals surface area (Å²) in [4.78, 5) is 19.3. The molecule has 0 radical (unpaired) electrons. The van der Waals surface area contributed by atoms with Crippen LogP contribution in [0.25, 0.3) is 0 Å². The van der Waals surface area contributed by atoms with Crippen LogP contribution < -0.4 is 10.6 Å². The fourth-order valence-electron chi connectivity index (χ4n) is 2.53. The average Bonchev–Trinajstić information content (AvgIpc) is 3.20. The van der Waals surface area contributed by atoms with E-state index in [2.05, 4.69) is 66.0 Å². The molecular weight excluding hydrogens is 483 g/mol. The van der Waals surface area contributed by atoms with Crippen LogP contribution in [0.3, 0.4) is 0 Å². The Bertz CT molecular complexity index is 745. The van der Waals surface area contributed by atoms with Gasteiger partial charge in [-0.25, -0.2) is 4.99 Å². The number of benzene rings is 1. The van der Waals surface area contributed by atoms with Gasteiger partial charge in [-0.2, -0.15) is 0 Å². The van der Waals surface area contributed by atoms with Crippen LogP contribution in [0, 0.1) is 0 Å². The topological polar surface area (TPSA) is 56.7 Å². The Morgan fingerprint density at radius 3 is 2.43 bits per heavy atom. The normalized spacial score (nSPS) is 12.7. The fraction of sp³-hybridized carbons (Fsp3) is 0.429. The van der Waals surface area contributed by atoms with Crippen molar-refractivity contribution in [3.05, 3.63) is 58.3 Å². The first-order valence-electron chi connectivity index (χ1n) is 9.13. The molecule has 7 heteroatoms.